The summed E-state index contributed by atoms with van der Waals surface area (Å²) < 4.78 is 21.3. The molecule has 0 aromatic rings. The highest BCUT2D eigenvalue weighted by atomic mass is 32.2. The zero-order chi connectivity index (χ0) is 10.9. The fraction of sp³-hybridized carbons (Fsp3) is 0.889. The third kappa shape index (κ3) is 3.10. The number of hydrogen-bond donors (Lipinski definition) is 0. The van der Waals surface area contributed by atoms with E-state index >= 15 is 0 Å². The molecule has 0 unspecified atom stereocenters. The van der Waals surface area contributed by atoms with Crippen LogP contribution < -0.4 is 0 Å². The van der Waals surface area contributed by atoms with E-state index in [-0.39, 0.29) is 11.7 Å². The Bertz CT molecular complexity index is 286. The average Bonchev–Trinajstić information content (AvgIpc) is 1.82. The molecule has 0 aliphatic heterocycles. The molecule has 0 aliphatic rings. The molecule has 0 radical (unpaired) electrons. The van der Waals surface area contributed by atoms with E-state index in [9.17, 15) is 13.2 Å². The van der Waals surface area contributed by atoms with Crippen LogP contribution in [-0.4, -0.2) is 25.2 Å². The monoisotopic (exact) mass is 206 g/mol. The lowest BCUT2D eigenvalue weighted by Crippen LogP contribution is -2.40. The predicted octanol–water partition coefficient (Wildman–Crippen LogP) is 1.42. The fourth-order valence-corrected chi connectivity index (χ4v) is 1.32. The molecule has 0 rings (SSSR count). The van der Waals surface area contributed by atoms with E-state index in [2.05, 4.69) is 0 Å². The minimum atomic E-state index is -3.30. The lowest BCUT2D eigenvalue weighted by Gasteiger charge is -2.21. The van der Waals surface area contributed by atoms with Crippen molar-refractivity contribution >= 4 is 15.6 Å². The minimum Gasteiger partial charge on any atom is -0.298 e. The van der Waals surface area contributed by atoms with Crippen molar-refractivity contribution in [1.29, 1.82) is 0 Å². The SMILES string of the molecule is CC(C)CC(=O)C(C)(C)S(C)(=O)=O. The molecule has 0 spiro atoms. The highest BCUT2D eigenvalue weighted by Crippen LogP contribution is 2.20. The van der Waals surface area contributed by atoms with Gasteiger partial charge in [-0.3, -0.25) is 4.79 Å². The summed E-state index contributed by atoms with van der Waals surface area (Å²) in [6.07, 6.45) is 1.42. The Kier molecular flexibility index (Phi) is 3.67. The molecule has 0 saturated carbocycles. The van der Waals surface area contributed by atoms with Crippen molar-refractivity contribution in [1.82, 2.24) is 0 Å². The van der Waals surface area contributed by atoms with Crippen molar-refractivity contribution in [2.24, 2.45) is 5.92 Å². The molecular weight excluding hydrogens is 188 g/mol. The summed E-state index contributed by atoms with van der Waals surface area (Å²) in [4.78, 5) is 11.5. The molecule has 3 nitrogen and oxygen atoms in total. The van der Waals surface area contributed by atoms with Crippen LogP contribution in [0, 0.1) is 5.92 Å². The molecule has 0 heterocycles. The standard InChI is InChI=1S/C9H18O3S/c1-7(2)6-8(10)9(3,4)13(5,11)12/h7H,6H2,1-5H3. The van der Waals surface area contributed by atoms with Crippen molar-refractivity contribution in [2.75, 3.05) is 6.26 Å². The summed E-state index contributed by atoms with van der Waals surface area (Å²) in [6, 6.07) is 0. The van der Waals surface area contributed by atoms with Gasteiger partial charge in [-0.15, -0.1) is 0 Å². The predicted molar refractivity (Wildman–Crippen MR) is 53.4 cm³/mol. The molecular formula is C9H18O3S. The van der Waals surface area contributed by atoms with E-state index < -0.39 is 14.6 Å². The van der Waals surface area contributed by atoms with Gasteiger partial charge in [0, 0.05) is 12.7 Å². The lowest BCUT2D eigenvalue weighted by molar-refractivity contribution is -0.121. The molecule has 0 N–H and O–H groups in total. The Hall–Kier alpha value is -0.380. The van der Waals surface area contributed by atoms with Crippen LogP contribution in [0.2, 0.25) is 0 Å². The minimum absolute atomic E-state index is 0.202. The molecule has 4 heteroatoms. The zero-order valence-corrected chi connectivity index (χ0v) is 9.73. The summed E-state index contributed by atoms with van der Waals surface area (Å²) in [7, 11) is -3.30. The smallest absolute Gasteiger partial charge is 0.159 e. The molecule has 0 saturated heterocycles. The van der Waals surface area contributed by atoms with E-state index in [1.807, 2.05) is 13.8 Å². The molecule has 0 fully saturated rings. The number of hydrogen-bond acceptors (Lipinski definition) is 3. The molecule has 0 aromatic heterocycles. The van der Waals surface area contributed by atoms with E-state index in [0.717, 1.165) is 6.26 Å². The third-order valence-corrected chi connectivity index (χ3v) is 4.27. The zero-order valence-electron chi connectivity index (χ0n) is 8.92. The lowest BCUT2D eigenvalue weighted by atomic mass is 9.98. The number of ketones is 1. The Balaban J connectivity index is 4.77. The van der Waals surface area contributed by atoms with Gasteiger partial charge in [-0.2, -0.15) is 0 Å². The second kappa shape index (κ2) is 3.78. The van der Waals surface area contributed by atoms with Crippen LogP contribution in [0.3, 0.4) is 0 Å². The first-order chi connectivity index (χ1) is 5.59. The van der Waals surface area contributed by atoms with Gasteiger partial charge in [-0.1, -0.05) is 13.8 Å². The van der Waals surface area contributed by atoms with Gasteiger partial charge in [0.2, 0.25) is 0 Å². The quantitative estimate of drug-likeness (QED) is 0.699. The Morgan fingerprint density at radius 2 is 1.69 bits per heavy atom. The molecule has 0 aromatic carbocycles. The number of rotatable bonds is 4. The van der Waals surface area contributed by atoms with Crippen LogP contribution in [0.5, 0.6) is 0 Å². The maximum absolute atomic E-state index is 11.5. The van der Waals surface area contributed by atoms with Crippen molar-refractivity contribution < 1.29 is 13.2 Å². The van der Waals surface area contributed by atoms with Crippen LogP contribution in [-0.2, 0) is 14.6 Å². The third-order valence-electron chi connectivity index (χ3n) is 2.19. The molecule has 0 atom stereocenters. The molecule has 0 bridgehead atoms. The second-order valence-corrected chi connectivity index (χ2v) is 6.87. The van der Waals surface area contributed by atoms with Gasteiger partial charge in [0.1, 0.15) is 4.75 Å². The Morgan fingerprint density at radius 1 is 1.31 bits per heavy atom. The van der Waals surface area contributed by atoms with Gasteiger partial charge >= 0.3 is 0 Å². The number of Topliss-reactive ketones (excluding diaryl/α,β-unsaturated/α-hetero) is 1. The summed E-state index contributed by atoms with van der Waals surface area (Å²) in [5.74, 6) is -0.00137. The summed E-state index contributed by atoms with van der Waals surface area (Å²) in [5.41, 5.74) is 0. The van der Waals surface area contributed by atoms with Crippen LogP contribution in [0.1, 0.15) is 34.1 Å². The first-order valence-corrected chi connectivity index (χ1v) is 6.21. The van der Waals surface area contributed by atoms with Gasteiger partial charge < -0.3 is 0 Å². The normalized spacial score (nSPS) is 13.4. The van der Waals surface area contributed by atoms with Gasteiger partial charge in [-0.25, -0.2) is 8.42 Å². The topological polar surface area (TPSA) is 51.2 Å². The highest BCUT2D eigenvalue weighted by Gasteiger charge is 2.37. The maximum Gasteiger partial charge on any atom is 0.159 e. The van der Waals surface area contributed by atoms with Crippen LogP contribution in [0.15, 0.2) is 0 Å². The first-order valence-electron chi connectivity index (χ1n) is 4.32. The van der Waals surface area contributed by atoms with Crippen molar-refractivity contribution in [3.63, 3.8) is 0 Å². The van der Waals surface area contributed by atoms with E-state index in [0.29, 0.717) is 6.42 Å². The largest absolute Gasteiger partial charge is 0.298 e. The Labute approximate surface area is 80.4 Å². The summed E-state index contributed by atoms with van der Waals surface area (Å²) in [5, 5.41) is 0. The molecule has 0 aliphatic carbocycles. The summed E-state index contributed by atoms with van der Waals surface area (Å²) in [6.45, 7) is 6.73. The molecule has 0 amide bonds. The number of carbonyl (C=O) groups excluding carboxylic acids is 1. The first kappa shape index (κ1) is 12.6. The summed E-state index contributed by atoms with van der Waals surface area (Å²) >= 11 is 0. The highest BCUT2D eigenvalue weighted by molar-refractivity contribution is 7.92. The number of carbonyl (C=O) groups is 1. The Morgan fingerprint density at radius 3 is 1.92 bits per heavy atom. The van der Waals surface area contributed by atoms with Gasteiger partial charge in [-0.05, 0) is 19.8 Å². The van der Waals surface area contributed by atoms with Crippen molar-refractivity contribution in [3.05, 3.63) is 0 Å². The maximum atomic E-state index is 11.5. The van der Waals surface area contributed by atoms with E-state index in [4.69, 9.17) is 0 Å². The molecule has 78 valence electrons. The van der Waals surface area contributed by atoms with Gasteiger partial charge in [0.05, 0.1) is 0 Å². The molecule has 13 heavy (non-hydrogen) atoms. The van der Waals surface area contributed by atoms with Crippen LogP contribution in [0.4, 0.5) is 0 Å². The van der Waals surface area contributed by atoms with Crippen molar-refractivity contribution in [3.8, 4) is 0 Å². The van der Waals surface area contributed by atoms with Crippen LogP contribution in [0.25, 0.3) is 0 Å². The van der Waals surface area contributed by atoms with Crippen molar-refractivity contribution in [2.45, 2.75) is 38.9 Å². The number of sulfone groups is 1. The fourth-order valence-electron chi connectivity index (χ4n) is 0.823. The average molecular weight is 206 g/mol. The van der Waals surface area contributed by atoms with E-state index in [1.165, 1.54) is 13.8 Å². The van der Waals surface area contributed by atoms with E-state index in [1.54, 1.807) is 0 Å². The van der Waals surface area contributed by atoms with Crippen LogP contribution >= 0.6 is 0 Å². The van der Waals surface area contributed by atoms with Gasteiger partial charge in [0.25, 0.3) is 0 Å². The van der Waals surface area contributed by atoms with Gasteiger partial charge in [0.15, 0.2) is 15.6 Å². The second-order valence-electron chi connectivity index (χ2n) is 4.30.